The molecule has 0 aromatic carbocycles. The monoisotopic (exact) mass is 154 g/mol. The van der Waals surface area contributed by atoms with Gasteiger partial charge in [0.1, 0.15) is 0 Å². The molecule has 0 aromatic rings. The summed E-state index contributed by atoms with van der Waals surface area (Å²) < 4.78 is 0. The molecule has 1 fully saturated rings. The van der Waals surface area contributed by atoms with E-state index in [2.05, 4.69) is 10.6 Å². The Morgan fingerprint density at radius 1 is 0.833 bits per heavy atom. The van der Waals surface area contributed by atoms with Crippen LogP contribution in [0.25, 0.3) is 10.6 Å². The smallest absolute Gasteiger partial charge is 0.663 e. The zero-order valence-electron chi connectivity index (χ0n) is 8.88. The van der Waals surface area contributed by atoms with Crippen molar-refractivity contribution in [1.29, 1.82) is 0 Å². The Hall–Kier alpha value is 1.11. The van der Waals surface area contributed by atoms with E-state index in [9.17, 15) is 0 Å². The quantitative estimate of drug-likeness (QED) is 0.366. The fraction of sp³-hybridized carbons (Fsp3) is 1.00. The van der Waals surface area contributed by atoms with Gasteiger partial charge in [-0.2, -0.15) is 26.2 Å². The van der Waals surface area contributed by atoms with E-state index < -0.39 is 0 Å². The number of hydrogen-bond acceptors (Lipinski definition) is 0. The van der Waals surface area contributed by atoms with Crippen LogP contribution in [0.1, 0.15) is 25.7 Å². The van der Waals surface area contributed by atoms with Crippen molar-refractivity contribution in [2.24, 2.45) is 0 Å². The van der Waals surface area contributed by atoms with Crippen molar-refractivity contribution in [3.05, 3.63) is 10.6 Å². The number of nitrogens with zero attached hydrogens (tertiary/aromatic N) is 2. The molecule has 12 heavy (non-hydrogen) atoms. The third kappa shape index (κ3) is 4.38. The van der Waals surface area contributed by atoms with E-state index in [1.165, 1.54) is 25.7 Å². The maximum Gasteiger partial charge on any atom is 1.00 e. The van der Waals surface area contributed by atoms with Gasteiger partial charge >= 0.3 is 37.7 Å². The molecule has 1 rings (SSSR count). The molecular weight excluding hydrogens is 138 g/mol. The summed E-state index contributed by atoms with van der Waals surface area (Å²) in [5.41, 5.74) is 0. The van der Waals surface area contributed by atoms with Crippen molar-refractivity contribution < 1.29 is 37.7 Å². The number of likely N-dealkylation sites (N-methyl/N-ethyl adjacent to an activating group) is 2. The minimum Gasteiger partial charge on any atom is -0.663 e. The van der Waals surface area contributed by atoms with Crippen molar-refractivity contribution in [2.75, 3.05) is 14.1 Å². The van der Waals surface area contributed by atoms with Crippen LogP contribution in [0.5, 0.6) is 0 Å². The zero-order valence-corrected chi connectivity index (χ0v) is 8.88. The summed E-state index contributed by atoms with van der Waals surface area (Å²) in [6, 6.07) is 1.05. The van der Waals surface area contributed by atoms with Gasteiger partial charge in [0, 0.05) is 0 Å². The van der Waals surface area contributed by atoms with Gasteiger partial charge in [-0.05, 0) is 0 Å². The van der Waals surface area contributed by atoms with Gasteiger partial charge in [0.05, 0.1) is 0 Å². The van der Waals surface area contributed by atoms with Crippen LogP contribution < -0.4 is 37.7 Å². The molecule has 0 bridgehead atoms. The summed E-state index contributed by atoms with van der Waals surface area (Å²) in [7, 11) is 3.82. The maximum atomic E-state index is 4.31. The van der Waals surface area contributed by atoms with Crippen LogP contribution in [0.15, 0.2) is 0 Å². The Morgan fingerprint density at radius 2 is 1.17 bits per heavy atom. The Balaban J connectivity index is 0. The second-order valence-corrected chi connectivity index (χ2v) is 2.94. The molecule has 1 aliphatic carbocycles. The fourth-order valence-electron chi connectivity index (χ4n) is 1.69. The molecule has 0 N–H and O–H groups in total. The molecule has 2 atom stereocenters. The molecule has 0 heterocycles. The van der Waals surface area contributed by atoms with Gasteiger partial charge in [-0.3, -0.25) is 0 Å². The van der Waals surface area contributed by atoms with Crippen molar-refractivity contribution in [3.63, 3.8) is 0 Å². The van der Waals surface area contributed by atoms with Gasteiger partial charge in [-0.15, -0.1) is 0 Å². The molecule has 2 unspecified atom stereocenters. The van der Waals surface area contributed by atoms with Crippen LogP contribution in [0.2, 0.25) is 0 Å². The predicted octanol–water partition coefficient (Wildman–Crippen LogP) is -3.69. The topological polar surface area (TPSA) is 28.2 Å². The van der Waals surface area contributed by atoms with Crippen molar-refractivity contribution in [3.8, 4) is 0 Å². The Morgan fingerprint density at radius 3 is 1.42 bits per heavy atom. The Bertz CT molecular complexity index is 89.1. The molecular formula is C8H16Li2N2. The van der Waals surface area contributed by atoms with Crippen LogP contribution in [0, 0.1) is 0 Å². The van der Waals surface area contributed by atoms with Crippen LogP contribution in [0.3, 0.4) is 0 Å². The SMILES string of the molecule is C[N-]C1CCCCC1[N-]C.[Li+].[Li+]. The molecule has 1 aliphatic rings. The van der Waals surface area contributed by atoms with E-state index in [4.69, 9.17) is 0 Å². The van der Waals surface area contributed by atoms with E-state index in [0.29, 0.717) is 12.1 Å². The molecule has 0 spiro atoms. The average molecular weight is 154 g/mol. The molecule has 60 valence electrons. The van der Waals surface area contributed by atoms with Gasteiger partial charge in [-0.25, -0.2) is 0 Å². The molecule has 0 aromatic heterocycles. The van der Waals surface area contributed by atoms with Crippen LogP contribution >= 0.6 is 0 Å². The second kappa shape index (κ2) is 8.70. The minimum atomic E-state index is 0. The summed E-state index contributed by atoms with van der Waals surface area (Å²) in [6.07, 6.45) is 5.18. The maximum absolute atomic E-state index is 4.31. The van der Waals surface area contributed by atoms with Gasteiger partial charge in [0.2, 0.25) is 0 Å². The van der Waals surface area contributed by atoms with Gasteiger partial charge in [0.25, 0.3) is 0 Å². The molecule has 2 nitrogen and oxygen atoms in total. The summed E-state index contributed by atoms with van der Waals surface area (Å²) >= 11 is 0. The third-order valence-corrected chi connectivity index (χ3v) is 2.36. The average Bonchev–Trinajstić information content (AvgIpc) is 2.04. The Labute approximate surface area is 100.0 Å². The van der Waals surface area contributed by atoms with Gasteiger partial charge in [0.15, 0.2) is 0 Å². The summed E-state index contributed by atoms with van der Waals surface area (Å²) in [5, 5.41) is 8.61. The zero-order chi connectivity index (χ0) is 7.40. The molecule has 1 saturated carbocycles. The van der Waals surface area contributed by atoms with Crippen molar-refractivity contribution in [2.45, 2.75) is 37.8 Å². The van der Waals surface area contributed by atoms with E-state index >= 15 is 0 Å². The summed E-state index contributed by atoms with van der Waals surface area (Å²) in [6.45, 7) is 0. The number of rotatable bonds is 2. The van der Waals surface area contributed by atoms with Crippen LogP contribution in [0.4, 0.5) is 0 Å². The summed E-state index contributed by atoms with van der Waals surface area (Å²) in [5.74, 6) is 0. The largest absolute Gasteiger partial charge is 1.00 e. The fourth-order valence-corrected chi connectivity index (χ4v) is 1.69. The minimum absolute atomic E-state index is 0. The molecule has 0 saturated heterocycles. The molecule has 4 heteroatoms. The molecule has 0 aliphatic heterocycles. The predicted molar refractivity (Wildman–Crippen MR) is 44.6 cm³/mol. The van der Waals surface area contributed by atoms with E-state index in [0.717, 1.165) is 0 Å². The first-order chi connectivity index (χ1) is 4.88. The molecule has 0 amide bonds. The first-order valence-electron chi connectivity index (χ1n) is 4.06. The first kappa shape index (κ1) is 15.6. The molecule has 0 radical (unpaired) electrons. The van der Waals surface area contributed by atoms with E-state index in [-0.39, 0.29) is 37.7 Å². The number of hydrogen-bond donors (Lipinski definition) is 0. The first-order valence-corrected chi connectivity index (χ1v) is 4.06. The van der Waals surface area contributed by atoms with E-state index in [1.807, 2.05) is 14.1 Å². The summed E-state index contributed by atoms with van der Waals surface area (Å²) in [4.78, 5) is 0. The normalized spacial score (nSPS) is 28.5. The van der Waals surface area contributed by atoms with Crippen molar-refractivity contribution >= 4 is 0 Å². The van der Waals surface area contributed by atoms with Crippen molar-refractivity contribution in [1.82, 2.24) is 0 Å². The third-order valence-electron chi connectivity index (χ3n) is 2.36. The van der Waals surface area contributed by atoms with Crippen LogP contribution in [-0.4, -0.2) is 26.2 Å². The van der Waals surface area contributed by atoms with Crippen LogP contribution in [-0.2, 0) is 0 Å². The van der Waals surface area contributed by atoms with Gasteiger partial charge < -0.3 is 10.6 Å². The standard InChI is InChI=1S/C8H16N2.2Li/c1-9-7-5-3-4-6-8(7)10-2;;/h7-8H,3-6H2,1-2H3;;/q-2;2*+1. The van der Waals surface area contributed by atoms with Gasteiger partial charge in [-0.1, -0.05) is 25.7 Å². The second-order valence-electron chi connectivity index (χ2n) is 2.94. The van der Waals surface area contributed by atoms with E-state index in [1.54, 1.807) is 0 Å². The Kier molecular flexibility index (Phi) is 11.3.